The summed E-state index contributed by atoms with van der Waals surface area (Å²) >= 11 is 18.1. The average Bonchev–Trinajstić information content (AvgIpc) is 2.49. The predicted octanol–water partition coefficient (Wildman–Crippen LogP) is 4.87. The van der Waals surface area contributed by atoms with Crippen molar-refractivity contribution >= 4 is 58.0 Å². The Bertz CT molecular complexity index is 786. The molecule has 0 aliphatic carbocycles. The van der Waals surface area contributed by atoms with Crippen LogP contribution in [-0.2, 0) is 4.79 Å². The second-order valence-corrected chi connectivity index (χ2v) is 6.02. The smallest absolute Gasteiger partial charge is 0.255 e. The molecule has 126 valence electrons. The van der Waals surface area contributed by atoms with Crippen LogP contribution in [0.5, 0.6) is 5.75 Å². The Kier molecular flexibility index (Phi) is 5.94. The molecule has 0 aromatic heterocycles. The monoisotopic (exact) mass is 386 g/mol. The highest BCUT2D eigenvalue weighted by Crippen LogP contribution is 2.34. The third-order valence-corrected chi connectivity index (χ3v) is 3.88. The van der Waals surface area contributed by atoms with E-state index in [1.54, 1.807) is 12.1 Å². The van der Waals surface area contributed by atoms with Crippen LogP contribution in [0.15, 0.2) is 30.3 Å². The number of benzene rings is 2. The van der Waals surface area contributed by atoms with Crippen molar-refractivity contribution in [1.82, 2.24) is 0 Å². The third kappa shape index (κ3) is 4.32. The number of amides is 2. The minimum Gasteiger partial charge on any atom is -0.494 e. The minimum absolute atomic E-state index is 0.231. The van der Waals surface area contributed by atoms with Crippen LogP contribution >= 0.6 is 34.8 Å². The summed E-state index contributed by atoms with van der Waals surface area (Å²) in [5.74, 6) is -0.349. The predicted molar refractivity (Wildman–Crippen MR) is 96.7 cm³/mol. The average molecular weight is 388 g/mol. The fourth-order valence-corrected chi connectivity index (χ4v) is 2.84. The van der Waals surface area contributed by atoms with Gasteiger partial charge in [-0.05, 0) is 30.3 Å². The fourth-order valence-electron chi connectivity index (χ4n) is 1.97. The van der Waals surface area contributed by atoms with Crippen LogP contribution in [0.4, 0.5) is 11.4 Å². The number of methoxy groups -OCH3 is 1. The van der Waals surface area contributed by atoms with Crippen molar-refractivity contribution in [2.24, 2.45) is 0 Å². The van der Waals surface area contributed by atoms with Crippen LogP contribution in [0, 0.1) is 0 Å². The molecule has 0 heterocycles. The highest BCUT2D eigenvalue weighted by Gasteiger charge is 2.14. The van der Waals surface area contributed by atoms with E-state index >= 15 is 0 Å². The first kappa shape index (κ1) is 18.4. The second kappa shape index (κ2) is 7.75. The quantitative estimate of drug-likeness (QED) is 0.787. The van der Waals surface area contributed by atoms with Crippen molar-refractivity contribution in [3.05, 3.63) is 51.0 Å². The fraction of sp³-hybridized carbons (Fsp3) is 0.125. The molecule has 0 fully saturated rings. The summed E-state index contributed by atoms with van der Waals surface area (Å²) in [5.41, 5.74) is 1.19. The summed E-state index contributed by atoms with van der Waals surface area (Å²) < 4.78 is 5.04. The molecule has 0 atom stereocenters. The molecule has 0 aliphatic rings. The van der Waals surface area contributed by atoms with Crippen molar-refractivity contribution in [2.75, 3.05) is 17.7 Å². The Hall–Kier alpha value is -1.95. The number of anilines is 2. The number of nitrogens with one attached hydrogen (secondary N) is 2. The molecule has 0 aliphatic heterocycles. The Balaban J connectivity index is 2.21. The number of hydrogen-bond acceptors (Lipinski definition) is 3. The van der Waals surface area contributed by atoms with Gasteiger partial charge < -0.3 is 15.4 Å². The molecule has 8 heteroatoms. The first-order chi connectivity index (χ1) is 11.3. The Labute approximate surface area is 153 Å². The zero-order valence-electron chi connectivity index (χ0n) is 12.7. The van der Waals surface area contributed by atoms with E-state index in [4.69, 9.17) is 39.5 Å². The molecule has 5 nitrogen and oxygen atoms in total. The number of carbonyl (C=O) groups excluding carboxylic acids is 2. The topological polar surface area (TPSA) is 67.4 Å². The molecule has 0 saturated carbocycles. The normalized spacial score (nSPS) is 10.2. The van der Waals surface area contributed by atoms with E-state index in [-0.39, 0.29) is 21.5 Å². The molecule has 2 rings (SSSR count). The van der Waals surface area contributed by atoms with Gasteiger partial charge in [-0.15, -0.1) is 0 Å². The number of halogens is 3. The lowest BCUT2D eigenvalue weighted by atomic mass is 10.2. The van der Waals surface area contributed by atoms with Gasteiger partial charge in [-0.25, -0.2) is 0 Å². The zero-order chi connectivity index (χ0) is 17.9. The van der Waals surface area contributed by atoms with Crippen molar-refractivity contribution in [2.45, 2.75) is 6.92 Å². The molecule has 0 bridgehead atoms. The first-order valence-electron chi connectivity index (χ1n) is 6.73. The molecule has 2 amide bonds. The molecular weight excluding hydrogens is 375 g/mol. The maximum atomic E-state index is 12.3. The van der Waals surface area contributed by atoms with Crippen molar-refractivity contribution < 1.29 is 14.3 Å². The van der Waals surface area contributed by atoms with E-state index < -0.39 is 5.91 Å². The van der Waals surface area contributed by atoms with Crippen LogP contribution in [-0.4, -0.2) is 18.9 Å². The Morgan fingerprint density at radius 1 is 0.958 bits per heavy atom. The van der Waals surface area contributed by atoms with Gasteiger partial charge in [-0.3, -0.25) is 9.59 Å². The largest absolute Gasteiger partial charge is 0.494 e. The highest BCUT2D eigenvalue weighted by atomic mass is 35.5. The highest BCUT2D eigenvalue weighted by molar-refractivity contribution is 6.38. The van der Waals surface area contributed by atoms with E-state index in [0.717, 1.165) is 0 Å². The van der Waals surface area contributed by atoms with Gasteiger partial charge in [0.15, 0.2) is 5.75 Å². The Morgan fingerprint density at radius 2 is 1.58 bits per heavy atom. The zero-order valence-corrected chi connectivity index (χ0v) is 15.0. The first-order valence-corrected chi connectivity index (χ1v) is 7.86. The summed E-state index contributed by atoms with van der Waals surface area (Å²) in [7, 11) is 1.44. The molecule has 2 N–H and O–H groups in total. The standard InChI is InChI=1S/C16H13Cl3N2O3/c1-8(22)20-14-4-3-10(7-11(14)17)21-16(23)9-5-12(18)15(24-2)13(19)6-9/h3-7H,1-2H3,(H,20,22)(H,21,23). The van der Waals surface area contributed by atoms with Crippen LogP contribution in [0.1, 0.15) is 17.3 Å². The molecule has 0 saturated heterocycles. The van der Waals surface area contributed by atoms with Gasteiger partial charge in [-0.1, -0.05) is 34.8 Å². The van der Waals surface area contributed by atoms with E-state index in [0.29, 0.717) is 22.1 Å². The van der Waals surface area contributed by atoms with Crippen molar-refractivity contribution in [3.8, 4) is 5.75 Å². The third-order valence-electron chi connectivity index (χ3n) is 3.00. The van der Waals surface area contributed by atoms with E-state index in [1.807, 2.05) is 0 Å². The van der Waals surface area contributed by atoms with Crippen LogP contribution in [0.2, 0.25) is 15.1 Å². The second-order valence-electron chi connectivity index (χ2n) is 4.80. The van der Waals surface area contributed by atoms with Gasteiger partial charge in [0.25, 0.3) is 5.91 Å². The van der Waals surface area contributed by atoms with Gasteiger partial charge in [0.1, 0.15) is 0 Å². The maximum Gasteiger partial charge on any atom is 0.255 e. The lowest BCUT2D eigenvalue weighted by Gasteiger charge is -2.11. The van der Waals surface area contributed by atoms with Crippen LogP contribution < -0.4 is 15.4 Å². The van der Waals surface area contributed by atoms with Gasteiger partial charge in [0.05, 0.1) is 27.9 Å². The van der Waals surface area contributed by atoms with Crippen molar-refractivity contribution in [1.29, 1.82) is 0 Å². The van der Waals surface area contributed by atoms with Gasteiger partial charge in [0.2, 0.25) is 5.91 Å². The van der Waals surface area contributed by atoms with Crippen LogP contribution in [0.3, 0.4) is 0 Å². The minimum atomic E-state index is -0.412. The number of rotatable bonds is 4. The SMILES string of the molecule is COc1c(Cl)cc(C(=O)Nc2ccc(NC(C)=O)c(Cl)c2)cc1Cl. The van der Waals surface area contributed by atoms with Crippen molar-refractivity contribution in [3.63, 3.8) is 0 Å². The molecule has 0 radical (unpaired) electrons. The van der Waals surface area contributed by atoms with E-state index in [9.17, 15) is 9.59 Å². The van der Waals surface area contributed by atoms with Gasteiger partial charge in [-0.2, -0.15) is 0 Å². The summed E-state index contributed by atoms with van der Waals surface area (Å²) in [4.78, 5) is 23.4. The van der Waals surface area contributed by atoms with E-state index in [1.165, 1.54) is 32.2 Å². The summed E-state index contributed by atoms with van der Waals surface area (Å²) in [6.07, 6.45) is 0. The maximum absolute atomic E-state index is 12.3. The van der Waals surface area contributed by atoms with Crippen LogP contribution in [0.25, 0.3) is 0 Å². The molecule has 0 spiro atoms. The number of ether oxygens (including phenoxy) is 1. The van der Waals surface area contributed by atoms with Gasteiger partial charge in [0, 0.05) is 18.2 Å². The summed E-state index contributed by atoms with van der Waals surface area (Å²) in [6.45, 7) is 1.38. The van der Waals surface area contributed by atoms with E-state index in [2.05, 4.69) is 10.6 Å². The molecule has 24 heavy (non-hydrogen) atoms. The Morgan fingerprint density at radius 3 is 2.08 bits per heavy atom. The molecule has 0 unspecified atom stereocenters. The summed E-state index contributed by atoms with van der Waals surface area (Å²) in [5, 5.41) is 6.02. The van der Waals surface area contributed by atoms with Gasteiger partial charge >= 0.3 is 0 Å². The lowest BCUT2D eigenvalue weighted by molar-refractivity contribution is -0.114. The summed E-state index contributed by atoms with van der Waals surface area (Å²) in [6, 6.07) is 7.64. The number of hydrogen-bond donors (Lipinski definition) is 2. The lowest BCUT2D eigenvalue weighted by Crippen LogP contribution is -2.12. The molecule has 2 aromatic rings. The molecular formula is C16H13Cl3N2O3. The molecule has 2 aromatic carbocycles. The number of carbonyl (C=O) groups is 2.